The Balaban J connectivity index is 2.78. The zero-order chi connectivity index (χ0) is 13.9. The summed E-state index contributed by atoms with van der Waals surface area (Å²) in [5.41, 5.74) is 0.175. The number of carbonyl (C=O) groups is 1. The molecule has 100 valence electrons. The van der Waals surface area contributed by atoms with E-state index in [2.05, 4.69) is 37.2 Å². The molecule has 2 N–H and O–H groups in total. The highest BCUT2D eigenvalue weighted by molar-refractivity contribution is 9.11. The minimum absolute atomic E-state index is 0.158. The molecular weight excluding hydrogens is 366 g/mol. The lowest BCUT2D eigenvalue weighted by molar-refractivity contribution is -0.147. The van der Waals surface area contributed by atoms with Crippen LogP contribution < -0.4 is 5.32 Å². The van der Waals surface area contributed by atoms with E-state index in [9.17, 15) is 9.90 Å². The van der Waals surface area contributed by atoms with Gasteiger partial charge in [-0.2, -0.15) is 0 Å². The molecule has 0 aliphatic rings. The minimum Gasteiger partial charge on any atom is -0.506 e. The van der Waals surface area contributed by atoms with Gasteiger partial charge in [-0.25, -0.2) is 0 Å². The lowest BCUT2D eigenvalue weighted by Crippen LogP contribution is -2.46. The second-order valence-electron chi connectivity index (χ2n) is 4.38. The van der Waals surface area contributed by atoms with Gasteiger partial charge in [-0.15, -0.1) is 0 Å². The van der Waals surface area contributed by atoms with Gasteiger partial charge in [0.1, 0.15) is 11.3 Å². The van der Waals surface area contributed by atoms with Gasteiger partial charge in [-0.1, -0.05) is 0 Å². The van der Waals surface area contributed by atoms with E-state index < -0.39 is 5.54 Å². The minimum atomic E-state index is -0.758. The lowest BCUT2D eigenvalue weighted by atomic mass is 10.1. The van der Waals surface area contributed by atoms with Crippen molar-refractivity contribution in [2.45, 2.75) is 25.9 Å². The van der Waals surface area contributed by atoms with Gasteiger partial charge in [0.05, 0.1) is 16.1 Å². The molecule has 1 aromatic carbocycles. The number of hydrogen-bond acceptors (Lipinski definition) is 4. The number of rotatable bonds is 4. The van der Waals surface area contributed by atoms with Crippen LogP contribution in [-0.4, -0.2) is 23.7 Å². The summed E-state index contributed by atoms with van der Waals surface area (Å²) in [6, 6.07) is 3.58. The molecule has 1 rings (SSSR count). The summed E-state index contributed by atoms with van der Waals surface area (Å²) < 4.78 is 5.91. The summed E-state index contributed by atoms with van der Waals surface area (Å²) in [5, 5.41) is 12.7. The summed E-state index contributed by atoms with van der Waals surface area (Å²) in [4.78, 5) is 11.5. The van der Waals surface area contributed by atoms with Crippen LogP contribution in [0.3, 0.4) is 0 Å². The van der Waals surface area contributed by atoms with E-state index in [0.717, 1.165) is 5.56 Å². The van der Waals surface area contributed by atoms with Crippen LogP contribution in [0.25, 0.3) is 0 Å². The molecule has 0 atom stereocenters. The van der Waals surface area contributed by atoms with Crippen LogP contribution in [0.5, 0.6) is 5.75 Å². The number of halogens is 2. The maximum Gasteiger partial charge on any atom is 0.325 e. The molecule has 6 heteroatoms. The van der Waals surface area contributed by atoms with E-state index in [-0.39, 0.29) is 11.7 Å². The summed E-state index contributed by atoms with van der Waals surface area (Å²) in [5.74, 6) is -0.162. The fourth-order valence-electron chi connectivity index (χ4n) is 1.37. The predicted molar refractivity (Wildman–Crippen MR) is 76.4 cm³/mol. The fraction of sp³-hybridized carbons (Fsp3) is 0.417. The average Bonchev–Trinajstić information content (AvgIpc) is 2.32. The zero-order valence-electron chi connectivity index (χ0n) is 10.4. The number of aromatic hydroxyl groups is 1. The largest absolute Gasteiger partial charge is 0.506 e. The van der Waals surface area contributed by atoms with Crippen molar-refractivity contribution in [1.29, 1.82) is 0 Å². The van der Waals surface area contributed by atoms with E-state index in [1.807, 2.05) is 0 Å². The third-order valence-electron chi connectivity index (χ3n) is 2.51. The third kappa shape index (κ3) is 3.70. The second-order valence-corrected chi connectivity index (χ2v) is 6.09. The number of ether oxygens (including phenoxy) is 1. The van der Waals surface area contributed by atoms with E-state index in [1.165, 1.54) is 7.11 Å². The van der Waals surface area contributed by atoms with E-state index in [4.69, 9.17) is 4.74 Å². The summed E-state index contributed by atoms with van der Waals surface area (Å²) >= 11 is 6.52. The maximum absolute atomic E-state index is 11.5. The predicted octanol–water partition coefficient (Wildman–Crippen LogP) is 2.96. The van der Waals surface area contributed by atoms with Crippen molar-refractivity contribution >= 4 is 37.8 Å². The Labute approximate surface area is 123 Å². The molecule has 18 heavy (non-hydrogen) atoms. The number of phenolic OH excluding ortho intramolecular Hbond substituents is 1. The Morgan fingerprint density at radius 2 is 1.89 bits per heavy atom. The number of esters is 1. The Morgan fingerprint density at radius 3 is 2.33 bits per heavy atom. The van der Waals surface area contributed by atoms with Crippen LogP contribution in [-0.2, 0) is 16.1 Å². The molecule has 0 radical (unpaired) electrons. The second kappa shape index (κ2) is 6.04. The van der Waals surface area contributed by atoms with Gasteiger partial charge in [-0.3, -0.25) is 10.1 Å². The number of nitrogens with one attached hydrogen (secondary N) is 1. The molecule has 0 fully saturated rings. The van der Waals surface area contributed by atoms with Crippen molar-refractivity contribution in [3.05, 3.63) is 26.6 Å². The molecule has 0 saturated heterocycles. The molecular formula is C12H15Br2NO3. The lowest BCUT2D eigenvalue weighted by Gasteiger charge is -2.23. The highest BCUT2D eigenvalue weighted by Gasteiger charge is 2.27. The summed E-state index contributed by atoms with van der Waals surface area (Å²) in [6.45, 7) is 3.99. The number of methoxy groups -OCH3 is 1. The van der Waals surface area contributed by atoms with Crippen molar-refractivity contribution < 1.29 is 14.6 Å². The third-order valence-corrected chi connectivity index (χ3v) is 3.72. The molecule has 4 nitrogen and oxygen atoms in total. The van der Waals surface area contributed by atoms with E-state index in [1.54, 1.807) is 26.0 Å². The highest BCUT2D eigenvalue weighted by Crippen LogP contribution is 2.33. The molecule has 0 bridgehead atoms. The molecule has 0 amide bonds. The van der Waals surface area contributed by atoms with Crippen molar-refractivity contribution in [3.63, 3.8) is 0 Å². The normalized spacial score (nSPS) is 11.4. The first-order chi connectivity index (χ1) is 8.27. The molecule has 0 aliphatic heterocycles. The van der Waals surface area contributed by atoms with Gasteiger partial charge >= 0.3 is 5.97 Å². The average molecular weight is 381 g/mol. The monoisotopic (exact) mass is 379 g/mol. The first-order valence-electron chi connectivity index (χ1n) is 5.28. The molecule has 0 spiro atoms. The first kappa shape index (κ1) is 15.5. The van der Waals surface area contributed by atoms with Gasteiger partial charge in [0, 0.05) is 6.54 Å². The van der Waals surface area contributed by atoms with Crippen LogP contribution >= 0.6 is 31.9 Å². The van der Waals surface area contributed by atoms with Crippen LogP contribution in [0.2, 0.25) is 0 Å². The van der Waals surface area contributed by atoms with E-state index >= 15 is 0 Å². The molecule has 0 saturated carbocycles. The number of hydrogen-bond donors (Lipinski definition) is 2. The smallest absolute Gasteiger partial charge is 0.325 e. The van der Waals surface area contributed by atoms with Crippen molar-refractivity contribution in [3.8, 4) is 5.75 Å². The zero-order valence-corrected chi connectivity index (χ0v) is 13.6. The highest BCUT2D eigenvalue weighted by atomic mass is 79.9. The van der Waals surface area contributed by atoms with Crippen molar-refractivity contribution in [1.82, 2.24) is 5.32 Å². The summed E-state index contributed by atoms with van der Waals surface area (Å²) in [6.07, 6.45) is 0. The molecule has 0 aromatic heterocycles. The Bertz CT molecular complexity index is 438. The molecule has 0 aliphatic carbocycles. The van der Waals surface area contributed by atoms with Crippen molar-refractivity contribution in [2.24, 2.45) is 0 Å². The molecule has 0 unspecified atom stereocenters. The van der Waals surface area contributed by atoms with Gasteiger partial charge in [-0.05, 0) is 63.4 Å². The topological polar surface area (TPSA) is 58.6 Å². The number of carbonyl (C=O) groups excluding carboxylic acids is 1. The fourth-order valence-corrected chi connectivity index (χ4v) is 2.65. The standard InChI is InChI=1S/C12H15Br2NO3/c1-12(2,11(17)18-3)15-6-7-4-8(13)10(16)9(14)5-7/h4-5,15-16H,6H2,1-3H3. The Kier molecular flexibility index (Phi) is 5.19. The van der Waals surface area contributed by atoms with Gasteiger partial charge in [0.2, 0.25) is 0 Å². The SMILES string of the molecule is COC(=O)C(C)(C)NCc1cc(Br)c(O)c(Br)c1. The maximum atomic E-state index is 11.5. The Morgan fingerprint density at radius 1 is 1.39 bits per heavy atom. The number of phenols is 1. The Hall–Kier alpha value is -0.590. The first-order valence-corrected chi connectivity index (χ1v) is 6.87. The quantitative estimate of drug-likeness (QED) is 0.788. The van der Waals surface area contributed by atoms with E-state index in [0.29, 0.717) is 15.5 Å². The van der Waals surface area contributed by atoms with Crippen LogP contribution in [0, 0.1) is 0 Å². The van der Waals surface area contributed by atoms with Gasteiger partial charge in [0.15, 0.2) is 0 Å². The molecule has 0 heterocycles. The van der Waals surface area contributed by atoms with Crippen LogP contribution in [0.4, 0.5) is 0 Å². The van der Waals surface area contributed by atoms with Crippen LogP contribution in [0.1, 0.15) is 19.4 Å². The number of benzene rings is 1. The summed E-state index contributed by atoms with van der Waals surface area (Å²) in [7, 11) is 1.36. The van der Waals surface area contributed by atoms with Crippen LogP contribution in [0.15, 0.2) is 21.1 Å². The van der Waals surface area contributed by atoms with Gasteiger partial charge < -0.3 is 9.84 Å². The van der Waals surface area contributed by atoms with Crippen molar-refractivity contribution in [2.75, 3.05) is 7.11 Å². The molecule has 1 aromatic rings. The van der Waals surface area contributed by atoms with Gasteiger partial charge in [0.25, 0.3) is 0 Å².